The number of sulfonamides is 1. The molecular weight excluding hydrogens is 612 g/mol. The first-order valence-electron chi connectivity index (χ1n) is 14.4. The van der Waals surface area contributed by atoms with Crippen LogP contribution in [0.15, 0.2) is 90.0 Å². The normalized spacial score (nSPS) is 14.5. The third-order valence-corrected chi connectivity index (χ3v) is 9.09. The molecule has 1 fully saturated rings. The first-order valence-corrected chi connectivity index (χ1v) is 15.9. The second kappa shape index (κ2) is 14.4. The Morgan fingerprint density at radius 3 is 2.41 bits per heavy atom. The molecule has 0 saturated carbocycles. The molecule has 46 heavy (non-hydrogen) atoms. The van der Waals surface area contributed by atoms with Gasteiger partial charge in [0.05, 0.1) is 38.0 Å². The Bertz CT molecular complexity index is 1830. The molecule has 0 radical (unpaired) electrons. The number of hydrogen-bond donors (Lipinski definition) is 1. The van der Waals surface area contributed by atoms with Crippen molar-refractivity contribution in [2.45, 2.75) is 17.9 Å². The second-order valence-electron chi connectivity index (χ2n) is 10.2. The fourth-order valence-corrected chi connectivity index (χ4v) is 6.22. The van der Waals surface area contributed by atoms with Crippen molar-refractivity contribution in [3.8, 4) is 28.4 Å². The van der Waals surface area contributed by atoms with Crippen molar-refractivity contribution in [1.82, 2.24) is 14.1 Å². The highest BCUT2D eigenvalue weighted by molar-refractivity contribution is 7.89. The Morgan fingerprint density at radius 1 is 0.957 bits per heavy atom. The number of carbonyl (C=O) groups is 2. The smallest absolute Gasteiger partial charge is 0.331 e. The van der Waals surface area contributed by atoms with E-state index in [0.717, 1.165) is 11.3 Å². The molecule has 5 rings (SSSR count). The van der Waals surface area contributed by atoms with E-state index in [-0.39, 0.29) is 23.7 Å². The highest BCUT2D eigenvalue weighted by atomic mass is 32.2. The van der Waals surface area contributed by atoms with Crippen LogP contribution in [0.5, 0.6) is 11.5 Å². The molecule has 1 aliphatic heterocycles. The van der Waals surface area contributed by atoms with Crippen LogP contribution in [-0.2, 0) is 29.1 Å². The summed E-state index contributed by atoms with van der Waals surface area (Å²) in [5.74, 6) is -0.289. The van der Waals surface area contributed by atoms with E-state index < -0.39 is 28.0 Å². The monoisotopic (exact) mass is 646 g/mol. The molecule has 1 N–H and O–H groups in total. The Balaban J connectivity index is 1.30. The molecule has 2 heterocycles. The number of carbonyl (C=O) groups excluding carboxylic acids is 2. The van der Waals surface area contributed by atoms with E-state index in [1.54, 1.807) is 49.4 Å². The first kappa shape index (κ1) is 32.4. The van der Waals surface area contributed by atoms with Crippen LogP contribution in [-0.4, -0.2) is 81.0 Å². The Morgan fingerprint density at radius 2 is 1.70 bits per heavy atom. The van der Waals surface area contributed by atoms with Crippen molar-refractivity contribution >= 4 is 33.7 Å². The molecular formula is C33H34N4O8S. The SMILES string of the molecule is COc1ccc(-c2nn(-c3ccccc3)cc2C=CC(=O)OC(C)C(=O)Nc2cccc(S(=O)(=O)N3CCOCC3)c2)cc1OC. The zero-order chi connectivity index (χ0) is 32.7. The van der Waals surface area contributed by atoms with Gasteiger partial charge in [0, 0.05) is 42.2 Å². The molecule has 1 aromatic heterocycles. The fraction of sp³-hybridized carbons (Fsp3) is 0.242. The highest BCUT2D eigenvalue weighted by Gasteiger charge is 2.27. The zero-order valence-electron chi connectivity index (χ0n) is 25.6. The summed E-state index contributed by atoms with van der Waals surface area (Å²) >= 11 is 0. The van der Waals surface area contributed by atoms with Crippen molar-refractivity contribution in [3.63, 3.8) is 0 Å². The Kier molecular flexibility index (Phi) is 10.2. The Labute approximate surface area is 267 Å². The summed E-state index contributed by atoms with van der Waals surface area (Å²) < 4.78 is 50.5. The van der Waals surface area contributed by atoms with Gasteiger partial charge in [-0.2, -0.15) is 9.40 Å². The van der Waals surface area contributed by atoms with Crippen molar-refractivity contribution < 1.29 is 37.0 Å². The lowest BCUT2D eigenvalue weighted by Gasteiger charge is -2.26. The van der Waals surface area contributed by atoms with Gasteiger partial charge in [0.1, 0.15) is 5.69 Å². The maximum absolute atomic E-state index is 13.0. The molecule has 12 nitrogen and oxygen atoms in total. The summed E-state index contributed by atoms with van der Waals surface area (Å²) in [4.78, 5) is 25.7. The largest absolute Gasteiger partial charge is 0.493 e. The number of amides is 1. The van der Waals surface area contributed by atoms with Gasteiger partial charge in [-0.15, -0.1) is 0 Å². The molecule has 1 aliphatic rings. The average molecular weight is 647 g/mol. The number of aromatic nitrogens is 2. The quantitative estimate of drug-likeness (QED) is 0.188. The zero-order valence-corrected chi connectivity index (χ0v) is 26.4. The maximum atomic E-state index is 13.0. The predicted octanol–water partition coefficient (Wildman–Crippen LogP) is 4.16. The van der Waals surface area contributed by atoms with Crippen LogP contribution in [0, 0.1) is 0 Å². The number of nitrogens with zero attached hydrogens (tertiary/aromatic N) is 3. The summed E-state index contributed by atoms with van der Waals surface area (Å²) in [6.45, 7) is 2.57. The number of nitrogens with one attached hydrogen (secondary N) is 1. The number of anilines is 1. The number of hydrogen-bond acceptors (Lipinski definition) is 9. The minimum atomic E-state index is -3.75. The summed E-state index contributed by atoms with van der Waals surface area (Å²) in [6, 6.07) is 20.8. The molecule has 13 heteroatoms. The van der Waals surface area contributed by atoms with Crippen LogP contribution in [0.1, 0.15) is 12.5 Å². The maximum Gasteiger partial charge on any atom is 0.331 e. The van der Waals surface area contributed by atoms with Gasteiger partial charge in [-0.05, 0) is 61.5 Å². The molecule has 4 aromatic rings. The number of benzene rings is 3. The molecule has 240 valence electrons. The molecule has 0 aliphatic carbocycles. The standard InChI is InChI=1S/C33H34N4O8S/c1-23(33(39)34-26-8-7-11-28(21-26)46(40,41)36-16-18-44-19-17-36)45-31(38)15-13-25-22-37(27-9-5-4-6-10-27)35-32(25)24-12-14-29(42-2)30(20-24)43-3/h4-15,20-23H,16-19H2,1-3H3,(H,34,39). The van der Waals surface area contributed by atoms with Crippen molar-refractivity contribution in [2.24, 2.45) is 0 Å². The van der Waals surface area contributed by atoms with Crippen molar-refractivity contribution in [2.75, 3.05) is 45.8 Å². The topological polar surface area (TPSA) is 138 Å². The molecule has 0 spiro atoms. The number of methoxy groups -OCH3 is 2. The number of ether oxygens (including phenoxy) is 4. The van der Waals surface area contributed by atoms with Crippen molar-refractivity contribution in [3.05, 3.63) is 90.6 Å². The highest BCUT2D eigenvalue weighted by Crippen LogP contribution is 2.34. The summed E-state index contributed by atoms with van der Waals surface area (Å²) in [5, 5.41) is 7.38. The minimum absolute atomic E-state index is 0.0427. The third kappa shape index (κ3) is 7.45. The van der Waals surface area contributed by atoms with E-state index in [9.17, 15) is 18.0 Å². The van der Waals surface area contributed by atoms with Gasteiger partial charge >= 0.3 is 5.97 Å². The number of morpholine rings is 1. The van der Waals surface area contributed by atoms with Gasteiger partial charge in [-0.3, -0.25) is 4.79 Å². The lowest BCUT2D eigenvalue weighted by Crippen LogP contribution is -2.40. The number of rotatable bonds is 11. The molecule has 3 aromatic carbocycles. The molecule has 1 atom stereocenters. The van der Waals surface area contributed by atoms with Crippen LogP contribution in [0.3, 0.4) is 0 Å². The molecule has 1 saturated heterocycles. The fourth-order valence-electron chi connectivity index (χ4n) is 4.77. The average Bonchev–Trinajstić information content (AvgIpc) is 3.52. The summed E-state index contributed by atoms with van der Waals surface area (Å²) in [6.07, 6.45) is 3.38. The molecule has 1 unspecified atom stereocenters. The minimum Gasteiger partial charge on any atom is -0.493 e. The van der Waals surface area contributed by atoms with E-state index in [0.29, 0.717) is 36.0 Å². The van der Waals surface area contributed by atoms with Crippen LogP contribution in [0.2, 0.25) is 0 Å². The van der Waals surface area contributed by atoms with Crippen LogP contribution >= 0.6 is 0 Å². The lowest BCUT2D eigenvalue weighted by molar-refractivity contribution is -0.148. The van der Waals surface area contributed by atoms with E-state index in [4.69, 9.17) is 24.0 Å². The summed E-state index contributed by atoms with van der Waals surface area (Å²) in [5.41, 5.74) is 2.99. The third-order valence-electron chi connectivity index (χ3n) is 7.19. The summed E-state index contributed by atoms with van der Waals surface area (Å²) in [7, 11) is -0.657. The van der Waals surface area contributed by atoms with Gasteiger partial charge in [0.25, 0.3) is 5.91 Å². The van der Waals surface area contributed by atoms with Gasteiger partial charge in [0.2, 0.25) is 10.0 Å². The van der Waals surface area contributed by atoms with Crippen LogP contribution < -0.4 is 14.8 Å². The van der Waals surface area contributed by atoms with Gasteiger partial charge in [-0.25, -0.2) is 17.9 Å². The van der Waals surface area contributed by atoms with E-state index in [1.807, 2.05) is 36.4 Å². The first-order chi connectivity index (χ1) is 22.2. The Hall–Kier alpha value is -4.98. The number of esters is 1. The molecule has 1 amide bonds. The van der Waals surface area contributed by atoms with Gasteiger partial charge in [-0.1, -0.05) is 24.3 Å². The van der Waals surface area contributed by atoms with Crippen LogP contribution in [0.4, 0.5) is 5.69 Å². The predicted molar refractivity (Wildman–Crippen MR) is 171 cm³/mol. The van der Waals surface area contributed by atoms with Gasteiger partial charge in [0.15, 0.2) is 17.6 Å². The lowest BCUT2D eigenvalue weighted by atomic mass is 10.1. The second-order valence-corrected chi connectivity index (χ2v) is 12.2. The number of para-hydroxylation sites is 1. The van der Waals surface area contributed by atoms with E-state index in [1.165, 1.54) is 35.5 Å². The van der Waals surface area contributed by atoms with E-state index >= 15 is 0 Å². The van der Waals surface area contributed by atoms with Gasteiger partial charge < -0.3 is 24.3 Å². The molecule has 0 bridgehead atoms. The van der Waals surface area contributed by atoms with Crippen LogP contribution in [0.25, 0.3) is 23.0 Å². The van der Waals surface area contributed by atoms with E-state index in [2.05, 4.69) is 5.32 Å². The van der Waals surface area contributed by atoms with Crippen molar-refractivity contribution in [1.29, 1.82) is 0 Å².